The highest BCUT2D eigenvalue weighted by atomic mass is 35.5. The summed E-state index contributed by atoms with van der Waals surface area (Å²) in [6, 6.07) is 22.9. The van der Waals surface area contributed by atoms with Crippen molar-refractivity contribution in [2.45, 2.75) is 17.6 Å². The van der Waals surface area contributed by atoms with Gasteiger partial charge in [-0.15, -0.1) is 11.8 Å². The van der Waals surface area contributed by atoms with Crippen LogP contribution in [0.4, 0.5) is 21.5 Å². The molecular weight excluding hydrogens is 487 g/mol. The van der Waals surface area contributed by atoms with E-state index in [-0.39, 0.29) is 17.1 Å². The Hall–Kier alpha value is -3.55. The summed E-state index contributed by atoms with van der Waals surface area (Å²) in [5.74, 6) is 0.550. The smallest absolute Gasteiger partial charge is 0.293 e. The van der Waals surface area contributed by atoms with E-state index >= 15 is 4.39 Å². The number of nitrogens with zero attached hydrogens (tertiary/aromatic N) is 1. The second kappa shape index (κ2) is 10.8. The zero-order chi connectivity index (χ0) is 24.9. The van der Waals surface area contributed by atoms with Crippen LogP contribution in [0.2, 0.25) is 5.02 Å². The van der Waals surface area contributed by atoms with Crippen LogP contribution >= 0.6 is 23.4 Å². The van der Waals surface area contributed by atoms with Gasteiger partial charge < -0.3 is 10.1 Å². The van der Waals surface area contributed by atoms with E-state index in [9.17, 15) is 10.1 Å². The number of ether oxygens (including phenoxy) is 1. The van der Waals surface area contributed by atoms with Crippen LogP contribution in [0.5, 0.6) is 5.75 Å². The average Bonchev–Trinajstić information content (AvgIpc) is 2.86. The quantitative estimate of drug-likeness (QED) is 0.147. The molecule has 0 aliphatic rings. The summed E-state index contributed by atoms with van der Waals surface area (Å²) in [5, 5.41) is 15.4. The van der Waals surface area contributed by atoms with Gasteiger partial charge in [-0.25, -0.2) is 4.39 Å². The molecule has 35 heavy (non-hydrogen) atoms. The highest BCUT2D eigenvalue weighted by molar-refractivity contribution is 7.98. The van der Waals surface area contributed by atoms with Crippen molar-refractivity contribution >= 4 is 40.4 Å². The largest absolute Gasteiger partial charge is 0.495 e. The van der Waals surface area contributed by atoms with Gasteiger partial charge in [-0.1, -0.05) is 48.0 Å². The molecule has 0 saturated heterocycles. The van der Waals surface area contributed by atoms with Crippen molar-refractivity contribution in [1.82, 2.24) is 0 Å². The Labute approximate surface area is 212 Å². The number of thioether (sulfide) groups is 1. The van der Waals surface area contributed by atoms with Crippen LogP contribution in [0.3, 0.4) is 0 Å². The molecule has 8 heteroatoms. The minimum absolute atomic E-state index is 0.108. The van der Waals surface area contributed by atoms with E-state index in [1.807, 2.05) is 37.3 Å². The SMILES string of the molecule is COc1cc(-c2ccc(Cl)c(C)c2)c(F)cc1Nc1ccc(SCc2ccccc2)cc1[N+](=O)[O-]. The fourth-order valence-corrected chi connectivity index (χ4v) is 4.60. The molecule has 0 amide bonds. The third kappa shape index (κ3) is 5.75. The lowest BCUT2D eigenvalue weighted by Crippen LogP contribution is -2.01. The zero-order valence-corrected chi connectivity index (χ0v) is 20.6. The third-order valence-corrected chi connectivity index (χ3v) is 6.93. The number of aryl methyl sites for hydroxylation is 1. The number of nitrogens with one attached hydrogen (secondary N) is 1. The number of hydrogen-bond donors (Lipinski definition) is 1. The summed E-state index contributed by atoms with van der Waals surface area (Å²) in [5.41, 5.74) is 3.36. The van der Waals surface area contributed by atoms with Gasteiger partial charge in [-0.3, -0.25) is 10.1 Å². The van der Waals surface area contributed by atoms with Crippen molar-refractivity contribution < 1.29 is 14.1 Å². The highest BCUT2D eigenvalue weighted by Gasteiger charge is 2.19. The second-order valence-corrected chi connectivity index (χ2v) is 9.29. The number of anilines is 2. The molecule has 4 aromatic carbocycles. The Kier molecular flexibility index (Phi) is 7.58. The number of nitro groups is 1. The van der Waals surface area contributed by atoms with Gasteiger partial charge in [0.2, 0.25) is 0 Å². The molecule has 0 aliphatic carbocycles. The number of nitro benzene ring substituents is 1. The van der Waals surface area contributed by atoms with Crippen LogP contribution in [0, 0.1) is 22.9 Å². The van der Waals surface area contributed by atoms with Gasteiger partial charge in [0.05, 0.1) is 17.7 Å². The van der Waals surface area contributed by atoms with E-state index in [1.54, 1.807) is 36.4 Å². The van der Waals surface area contributed by atoms with Crippen LogP contribution in [0.1, 0.15) is 11.1 Å². The standard InChI is InChI=1S/C27H22ClFN2O3S/c1-17-12-19(8-10-22(17)28)21-14-27(34-2)25(15-23(21)29)30-24-11-9-20(13-26(24)31(32)33)35-16-18-6-4-3-5-7-18/h3-15,30H,16H2,1-2H3. The second-order valence-electron chi connectivity index (χ2n) is 7.83. The van der Waals surface area contributed by atoms with E-state index < -0.39 is 10.7 Å². The predicted octanol–water partition coefficient (Wildman–Crippen LogP) is 8.41. The molecule has 0 saturated carbocycles. The van der Waals surface area contributed by atoms with Crippen LogP contribution in [-0.2, 0) is 5.75 Å². The molecule has 0 bridgehead atoms. The first kappa shape index (κ1) is 24.6. The Balaban J connectivity index is 1.62. The maximum atomic E-state index is 15.1. The summed E-state index contributed by atoms with van der Waals surface area (Å²) in [6.07, 6.45) is 0. The van der Waals surface area contributed by atoms with Crippen LogP contribution in [-0.4, -0.2) is 12.0 Å². The lowest BCUT2D eigenvalue weighted by Gasteiger charge is -2.15. The Morgan fingerprint density at radius 1 is 1.03 bits per heavy atom. The summed E-state index contributed by atoms with van der Waals surface area (Å²) < 4.78 is 20.6. The van der Waals surface area contributed by atoms with Gasteiger partial charge in [0, 0.05) is 33.4 Å². The van der Waals surface area contributed by atoms with Crippen molar-refractivity contribution in [3.8, 4) is 16.9 Å². The Bertz CT molecular complexity index is 1380. The van der Waals surface area contributed by atoms with E-state index in [0.717, 1.165) is 16.0 Å². The summed E-state index contributed by atoms with van der Waals surface area (Å²) in [4.78, 5) is 12.1. The van der Waals surface area contributed by atoms with Crippen molar-refractivity contribution in [1.29, 1.82) is 0 Å². The van der Waals surface area contributed by atoms with Crippen molar-refractivity contribution in [3.63, 3.8) is 0 Å². The maximum absolute atomic E-state index is 15.1. The molecule has 4 aromatic rings. The van der Waals surface area contributed by atoms with Gasteiger partial charge in [-0.05, 0) is 53.9 Å². The fraction of sp³-hybridized carbons (Fsp3) is 0.111. The van der Waals surface area contributed by atoms with Crippen LogP contribution in [0.25, 0.3) is 11.1 Å². The third-order valence-electron chi connectivity index (χ3n) is 5.44. The molecule has 0 aliphatic heterocycles. The van der Waals surface area contributed by atoms with Gasteiger partial charge in [0.1, 0.15) is 17.3 Å². The van der Waals surface area contributed by atoms with Crippen molar-refractivity contribution in [3.05, 3.63) is 111 Å². The first-order chi connectivity index (χ1) is 16.9. The molecule has 1 N–H and O–H groups in total. The first-order valence-corrected chi connectivity index (χ1v) is 12.1. The molecule has 0 spiro atoms. The normalized spacial score (nSPS) is 10.7. The summed E-state index contributed by atoms with van der Waals surface area (Å²) in [6.45, 7) is 1.85. The number of methoxy groups -OCH3 is 1. The van der Waals surface area contributed by atoms with Gasteiger partial charge in [0.15, 0.2) is 0 Å². The molecule has 0 unspecified atom stereocenters. The van der Waals surface area contributed by atoms with E-state index in [0.29, 0.717) is 27.7 Å². The molecule has 0 fully saturated rings. The van der Waals surface area contributed by atoms with E-state index in [1.165, 1.54) is 31.0 Å². The molecule has 0 atom stereocenters. The first-order valence-electron chi connectivity index (χ1n) is 10.7. The minimum atomic E-state index is -0.493. The summed E-state index contributed by atoms with van der Waals surface area (Å²) >= 11 is 7.60. The maximum Gasteiger partial charge on any atom is 0.293 e. The minimum Gasteiger partial charge on any atom is -0.495 e. The number of halogens is 2. The fourth-order valence-electron chi connectivity index (χ4n) is 3.60. The number of benzene rings is 4. The lowest BCUT2D eigenvalue weighted by atomic mass is 10.0. The number of hydrogen-bond acceptors (Lipinski definition) is 5. The number of rotatable bonds is 8. The van der Waals surface area contributed by atoms with Crippen molar-refractivity contribution in [2.24, 2.45) is 0 Å². The zero-order valence-electron chi connectivity index (χ0n) is 19.0. The topological polar surface area (TPSA) is 64.4 Å². The van der Waals surface area contributed by atoms with Gasteiger partial charge >= 0.3 is 0 Å². The molecule has 178 valence electrons. The van der Waals surface area contributed by atoms with E-state index in [2.05, 4.69) is 5.32 Å². The molecule has 0 aromatic heterocycles. The Morgan fingerprint density at radius 2 is 1.80 bits per heavy atom. The average molecular weight is 509 g/mol. The molecule has 4 rings (SSSR count). The van der Waals surface area contributed by atoms with Crippen LogP contribution < -0.4 is 10.1 Å². The molecule has 0 heterocycles. The molecular formula is C27H22ClFN2O3S. The lowest BCUT2D eigenvalue weighted by molar-refractivity contribution is -0.384. The molecule has 0 radical (unpaired) electrons. The van der Waals surface area contributed by atoms with Crippen molar-refractivity contribution in [2.75, 3.05) is 12.4 Å². The highest BCUT2D eigenvalue weighted by Crippen LogP contribution is 2.39. The Morgan fingerprint density at radius 3 is 2.49 bits per heavy atom. The summed E-state index contributed by atoms with van der Waals surface area (Å²) in [7, 11) is 1.47. The molecule has 5 nitrogen and oxygen atoms in total. The van der Waals surface area contributed by atoms with Gasteiger partial charge in [-0.2, -0.15) is 0 Å². The van der Waals surface area contributed by atoms with Crippen LogP contribution in [0.15, 0.2) is 83.8 Å². The predicted molar refractivity (Wildman–Crippen MR) is 141 cm³/mol. The monoisotopic (exact) mass is 508 g/mol. The van der Waals surface area contributed by atoms with Gasteiger partial charge in [0.25, 0.3) is 5.69 Å². The van der Waals surface area contributed by atoms with E-state index in [4.69, 9.17) is 16.3 Å².